The van der Waals surface area contributed by atoms with Gasteiger partial charge in [-0.25, -0.2) is 4.39 Å². The second kappa shape index (κ2) is 4.33. The lowest BCUT2D eigenvalue weighted by molar-refractivity contribution is 0.358. The summed E-state index contributed by atoms with van der Waals surface area (Å²) in [7, 11) is 1.62. The summed E-state index contributed by atoms with van der Waals surface area (Å²) in [5.74, 6) is 1.37. The van der Waals surface area contributed by atoms with Crippen LogP contribution in [0, 0.1) is 5.82 Å². The Morgan fingerprint density at radius 1 is 1.17 bits per heavy atom. The van der Waals surface area contributed by atoms with Gasteiger partial charge in [0.1, 0.15) is 17.3 Å². The SMILES string of the molecule is COc1ccc(-c2cc(F)cc3c2OCC3)cc1. The minimum Gasteiger partial charge on any atom is -0.497 e. The van der Waals surface area contributed by atoms with Gasteiger partial charge in [-0.1, -0.05) is 12.1 Å². The molecule has 0 saturated carbocycles. The summed E-state index contributed by atoms with van der Waals surface area (Å²) in [5.41, 5.74) is 2.69. The minimum atomic E-state index is -0.218. The van der Waals surface area contributed by atoms with Crippen molar-refractivity contribution in [3.63, 3.8) is 0 Å². The van der Waals surface area contributed by atoms with Crippen LogP contribution in [0.1, 0.15) is 5.56 Å². The highest BCUT2D eigenvalue weighted by atomic mass is 19.1. The molecule has 0 saturated heterocycles. The number of hydrogen-bond acceptors (Lipinski definition) is 2. The van der Waals surface area contributed by atoms with Gasteiger partial charge < -0.3 is 9.47 Å². The number of rotatable bonds is 2. The molecule has 0 radical (unpaired) electrons. The first kappa shape index (κ1) is 11.1. The molecule has 3 heteroatoms. The molecule has 0 bridgehead atoms. The quantitative estimate of drug-likeness (QED) is 0.805. The average Bonchev–Trinajstić information content (AvgIpc) is 2.86. The number of hydrogen-bond donors (Lipinski definition) is 0. The van der Waals surface area contributed by atoms with Crippen molar-refractivity contribution in [1.29, 1.82) is 0 Å². The Hall–Kier alpha value is -2.03. The molecule has 0 fully saturated rings. The van der Waals surface area contributed by atoms with E-state index in [0.717, 1.165) is 34.6 Å². The normalized spacial score (nSPS) is 13.0. The Labute approximate surface area is 105 Å². The van der Waals surface area contributed by atoms with Gasteiger partial charge in [-0.3, -0.25) is 0 Å². The van der Waals surface area contributed by atoms with Gasteiger partial charge in [0.25, 0.3) is 0 Å². The third-order valence-electron chi connectivity index (χ3n) is 3.15. The van der Waals surface area contributed by atoms with Crippen molar-refractivity contribution in [2.24, 2.45) is 0 Å². The van der Waals surface area contributed by atoms with Gasteiger partial charge in [-0.2, -0.15) is 0 Å². The van der Waals surface area contributed by atoms with Gasteiger partial charge in [-0.15, -0.1) is 0 Å². The molecule has 92 valence electrons. The summed E-state index contributed by atoms with van der Waals surface area (Å²) in [6.45, 7) is 0.627. The van der Waals surface area contributed by atoms with E-state index in [1.165, 1.54) is 6.07 Å². The van der Waals surface area contributed by atoms with Crippen LogP contribution in [0.5, 0.6) is 11.5 Å². The standard InChI is InChI=1S/C15H13FO2/c1-17-13-4-2-10(3-5-13)14-9-12(16)8-11-6-7-18-15(11)14/h2-5,8-9H,6-7H2,1H3. The molecule has 2 aromatic carbocycles. The van der Waals surface area contributed by atoms with Crippen molar-refractivity contribution in [2.75, 3.05) is 13.7 Å². The highest BCUT2D eigenvalue weighted by molar-refractivity contribution is 5.73. The first-order chi connectivity index (χ1) is 8.78. The summed E-state index contributed by atoms with van der Waals surface area (Å²) in [6, 6.07) is 10.6. The molecule has 2 nitrogen and oxygen atoms in total. The molecular weight excluding hydrogens is 231 g/mol. The first-order valence-corrected chi connectivity index (χ1v) is 5.87. The smallest absolute Gasteiger partial charge is 0.130 e. The third kappa shape index (κ3) is 1.82. The third-order valence-corrected chi connectivity index (χ3v) is 3.15. The minimum absolute atomic E-state index is 0.218. The molecule has 0 aromatic heterocycles. The van der Waals surface area contributed by atoms with E-state index in [1.807, 2.05) is 24.3 Å². The molecule has 0 amide bonds. The molecule has 0 spiro atoms. The van der Waals surface area contributed by atoms with Crippen molar-refractivity contribution in [3.8, 4) is 22.6 Å². The zero-order chi connectivity index (χ0) is 12.5. The van der Waals surface area contributed by atoms with Gasteiger partial charge in [0.05, 0.1) is 13.7 Å². The predicted molar refractivity (Wildman–Crippen MR) is 67.6 cm³/mol. The average molecular weight is 244 g/mol. The number of benzene rings is 2. The molecule has 0 unspecified atom stereocenters. The molecule has 0 aliphatic carbocycles. The largest absolute Gasteiger partial charge is 0.497 e. The van der Waals surface area contributed by atoms with Gasteiger partial charge in [0.2, 0.25) is 0 Å². The van der Waals surface area contributed by atoms with Crippen molar-refractivity contribution in [2.45, 2.75) is 6.42 Å². The molecule has 0 N–H and O–H groups in total. The van der Waals surface area contributed by atoms with Gasteiger partial charge in [-0.05, 0) is 29.8 Å². The van der Waals surface area contributed by atoms with E-state index < -0.39 is 0 Å². The zero-order valence-electron chi connectivity index (χ0n) is 10.1. The van der Waals surface area contributed by atoms with E-state index in [-0.39, 0.29) is 5.82 Å². The Morgan fingerprint density at radius 3 is 2.67 bits per heavy atom. The van der Waals surface area contributed by atoms with Crippen LogP contribution >= 0.6 is 0 Å². The molecule has 2 aromatic rings. The van der Waals surface area contributed by atoms with Crippen LogP contribution < -0.4 is 9.47 Å². The molecule has 3 rings (SSSR count). The maximum absolute atomic E-state index is 13.6. The first-order valence-electron chi connectivity index (χ1n) is 5.87. The number of ether oxygens (including phenoxy) is 2. The lowest BCUT2D eigenvalue weighted by atomic mass is 10.0. The maximum atomic E-state index is 13.6. The molecule has 0 atom stereocenters. The van der Waals surface area contributed by atoms with E-state index in [1.54, 1.807) is 13.2 Å². The fraction of sp³-hybridized carbons (Fsp3) is 0.200. The second-order valence-electron chi connectivity index (χ2n) is 4.27. The Kier molecular flexibility index (Phi) is 2.67. The molecular formula is C15H13FO2. The van der Waals surface area contributed by atoms with Crippen LogP contribution in [0.15, 0.2) is 36.4 Å². The summed E-state index contributed by atoms with van der Waals surface area (Å²) in [5, 5.41) is 0. The fourth-order valence-corrected chi connectivity index (χ4v) is 2.25. The van der Waals surface area contributed by atoms with Crippen molar-refractivity contribution in [3.05, 3.63) is 47.8 Å². The van der Waals surface area contributed by atoms with E-state index in [2.05, 4.69) is 0 Å². The Bertz CT molecular complexity index is 576. The summed E-state index contributed by atoms with van der Waals surface area (Å²) in [4.78, 5) is 0. The lowest BCUT2D eigenvalue weighted by Crippen LogP contribution is -1.90. The highest BCUT2D eigenvalue weighted by Crippen LogP contribution is 2.38. The van der Waals surface area contributed by atoms with E-state index in [4.69, 9.17) is 9.47 Å². The van der Waals surface area contributed by atoms with Crippen molar-refractivity contribution >= 4 is 0 Å². The van der Waals surface area contributed by atoms with Crippen LogP contribution in [0.25, 0.3) is 11.1 Å². The van der Waals surface area contributed by atoms with E-state index in [0.29, 0.717) is 6.61 Å². The van der Waals surface area contributed by atoms with Crippen molar-refractivity contribution < 1.29 is 13.9 Å². The van der Waals surface area contributed by atoms with Crippen LogP contribution in [-0.4, -0.2) is 13.7 Å². The molecule has 18 heavy (non-hydrogen) atoms. The van der Waals surface area contributed by atoms with Crippen LogP contribution in [0.4, 0.5) is 4.39 Å². The zero-order valence-corrected chi connectivity index (χ0v) is 10.1. The number of methoxy groups -OCH3 is 1. The second-order valence-corrected chi connectivity index (χ2v) is 4.27. The van der Waals surface area contributed by atoms with Crippen LogP contribution in [-0.2, 0) is 6.42 Å². The van der Waals surface area contributed by atoms with Crippen LogP contribution in [0.2, 0.25) is 0 Å². The fourth-order valence-electron chi connectivity index (χ4n) is 2.25. The van der Waals surface area contributed by atoms with Gasteiger partial charge in [0.15, 0.2) is 0 Å². The maximum Gasteiger partial charge on any atom is 0.130 e. The summed E-state index contributed by atoms with van der Waals surface area (Å²) >= 11 is 0. The van der Waals surface area contributed by atoms with E-state index in [9.17, 15) is 4.39 Å². The van der Waals surface area contributed by atoms with Crippen molar-refractivity contribution in [1.82, 2.24) is 0 Å². The monoisotopic (exact) mass is 244 g/mol. The molecule has 1 aliphatic rings. The summed E-state index contributed by atoms with van der Waals surface area (Å²) < 4.78 is 24.3. The Balaban J connectivity index is 2.10. The van der Waals surface area contributed by atoms with Crippen LogP contribution in [0.3, 0.4) is 0 Å². The topological polar surface area (TPSA) is 18.5 Å². The Morgan fingerprint density at radius 2 is 1.94 bits per heavy atom. The van der Waals surface area contributed by atoms with Gasteiger partial charge >= 0.3 is 0 Å². The molecule has 1 aliphatic heterocycles. The van der Waals surface area contributed by atoms with E-state index >= 15 is 0 Å². The molecule has 1 heterocycles. The number of fused-ring (bicyclic) bond motifs is 1. The predicted octanol–water partition coefficient (Wildman–Crippen LogP) is 3.44. The summed E-state index contributed by atoms with van der Waals surface area (Å²) in [6.07, 6.45) is 0.774. The lowest BCUT2D eigenvalue weighted by Gasteiger charge is -2.09. The number of halogens is 1. The van der Waals surface area contributed by atoms with Gasteiger partial charge in [0, 0.05) is 17.5 Å². The highest BCUT2D eigenvalue weighted by Gasteiger charge is 2.19.